The molecular formula is C19H20N2O3. The van der Waals surface area contributed by atoms with Crippen molar-refractivity contribution in [3.63, 3.8) is 0 Å². The van der Waals surface area contributed by atoms with Gasteiger partial charge in [0.1, 0.15) is 5.75 Å². The van der Waals surface area contributed by atoms with Gasteiger partial charge in [-0.3, -0.25) is 4.79 Å². The Morgan fingerprint density at radius 1 is 1.17 bits per heavy atom. The molecule has 1 atom stereocenters. The summed E-state index contributed by atoms with van der Waals surface area (Å²) in [7, 11) is 0. The lowest BCUT2D eigenvalue weighted by Gasteiger charge is -2.25. The van der Waals surface area contributed by atoms with E-state index in [1.807, 2.05) is 12.1 Å². The number of nitrogens with zero attached hydrogens (tertiary/aromatic N) is 1. The molecule has 3 rings (SSSR count). The first-order chi connectivity index (χ1) is 11.5. The summed E-state index contributed by atoms with van der Waals surface area (Å²) in [6, 6.07) is 13.8. The number of nitrogens with one attached hydrogen (secondary N) is 1. The first-order valence-electron chi connectivity index (χ1n) is 8.02. The van der Waals surface area contributed by atoms with E-state index >= 15 is 0 Å². The molecule has 24 heavy (non-hydrogen) atoms. The predicted octanol–water partition coefficient (Wildman–Crippen LogP) is 3.96. The fraction of sp³-hybridized carbons (Fsp3) is 0.263. The summed E-state index contributed by atoms with van der Waals surface area (Å²) in [6.45, 7) is 2.19. The highest BCUT2D eigenvalue weighted by atomic mass is 16.3. The van der Waals surface area contributed by atoms with Crippen molar-refractivity contribution in [1.29, 1.82) is 0 Å². The number of rotatable bonds is 3. The molecule has 1 saturated heterocycles. The molecule has 5 nitrogen and oxygen atoms in total. The molecule has 0 bridgehead atoms. The fourth-order valence-electron chi connectivity index (χ4n) is 3.06. The highest BCUT2D eigenvalue weighted by Gasteiger charge is 2.30. The lowest BCUT2D eigenvalue weighted by Crippen LogP contribution is -2.34. The molecule has 5 heteroatoms. The third-order valence-electron chi connectivity index (χ3n) is 4.31. The quantitative estimate of drug-likeness (QED) is 0.840. The fourth-order valence-corrected chi connectivity index (χ4v) is 3.06. The van der Waals surface area contributed by atoms with Gasteiger partial charge in [-0.15, -0.1) is 0 Å². The molecule has 0 aromatic heterocycles. The van der Waals surface area contributed by atoms with Crippen LogP contribution in [0.4, 0.5) is 10.5 Å². The number of ketones is 1. The van der Waals surface area contributed by atoms with Crippen molar-refractivity contribution < 1.29 is 14.7 Å². The van der Waals surface area contributed by atoms with Crippen LogP contribution in [0.25, 0.3) is 0 Å². The van der Waals surface area contributed by atoms with Crippen LogP contribution in [0.15, 0.2) is 48.5 Å². The molecule has 1 heterocycles. The third-order valence-corrected chi connectivity index (χ3v) is 4.31. The predicted molar refractivity (Wildman–Crippen MR) is 92.3 cm³/mol. The summed E-state index contributed by atoms with van der Waals surface area (Å²) in [5.41, 5.74) is 2.20. The summed E-state index contributed by atoms with van der Waals surface area (Å²) in [6.07, 6.45) is 1.83. The average molecular weight is 324 g/mol. The van der Waals surface area contributed by atoms with Crippen LogP contribution in [0.1, 0.15) is 41.7 Å². The van der Waals surface area contributed by atoms with Crippen molar-refractivity contribution in [2.45, 2.75) is 25.8 Å². The van der Waals surface area contributed by atoms with Crippen LogP contribution < -0.4 is 5.32 Å². The Morgan fingerprint density at radius 3 is 2.62 bits per heavy atom. The molecule has 2 amide bonds. The number of urea groups is 1. The van der Waals surface area contributed by atoms with Crippen LogP contribution in [-0.2, 0) is 0 Å². The molecule has 0 unspecified atom stereocenters. The standard InChI is InChI=1S/C19H20N2O3/c1-13(22)15-4-2-5-16(12-15)20-19(24)21-11-3-6-18(21)14-7-9-17(23)10-8-14/h2,4-5,7-10,12,18,23H,3,6,11H2,1H3,(H,20,24)/t18-/m0/s1. The first-order valence-corrected chi connectivity index (χ1v) is 8.02. The molecular weight excluding hydrogens is 304 g/mol. The topological polar surface area (TPSA) is 69.6 Å². The van der Waals surface area contributed by atoms with E-state index in [-0.39, 0.29) is 23.6 Å². The smallest absolute Gasteiger partial charge is 0.322 e. The van der Waals surface area contributed by atoms with Gasteiger partial charge in [-0.1, -0.05) is 24.3 Å². The minimum absolute atomic E-state index is 0.00147. The number of carbonyl (C=O) groups is 2. The van der Waals surface area contributed by atoms with Crippen LogP contribution in [0.5, 0.6) is 5.75 Å². The number of hydrogen-bond donors (Lipinski definition) is 2. The summed E-state index contributed by atoms with van der Waals surface area (Å²) in [5, 5.41) is 12.3. The summed E-state index contributed by atoms with van der Waals surface area (Å²) in [4.78, 5) is 25.9. The van der Waals surface area contributed by atoms with Crippen LogP contribution in [-0.4, -0.2) is 28.4 Å². The Hall–Kier alpha value is -2.82. The van der Waals surface area contributed by atoms with E-state index in [1.54, 1.807) is 41.3 Å². The first kappa shape index (κ1) is 16.1. The monoisotopic (exact) mass is 324 g/mol. The highest BCUT2D eigenvalue weighted by Crippen LogP contribution is 2.33. The number of amides is 2. The second-order valence-corrected chi connectivity index (χ2v) is 6.01. The molecule has 1 aliphatic rings. The van der Waals surface area contributed by atoms with Crippen molar-refractivity contribution in [1.82, 2.24) is 4.90 Å². The summed E-state index contributed by atoms with van der Waals surface area (Å²) >= 11 is 0. The third kappa shape index (κ3) is 3.40. The molecule has 0 aliphatic carbocycles. The number of phenols is 1. The van der Waals surface area contributed by atoms with Gasteiger partial charge >= 0.3 is 6.03 Å². The maximum atomic E-state index is 12.6. The number of benzene rings is 2. The van der Waals surface area contributed by atoms with Crippen LogP contribution in [0.3, 0.4) is 0 Å². The van der Waals surface area contributed by atoms with Crippen LogP contribution in [0, 0.1) is 0 Å². The van der Waals surface area contributed by atoms with E-state index in [9.17, 15) is 14.7 Å². The number of hydrogen-bond acceptors (Lipinski definition) is 3. The molecule has 1 fully saturated rings. The lowest BCUT2D eigenvalue weighted by molar-refractivity contribution is 0.101. The minimum atomic E-state index is -0.175. The molecule has 2 aromatic rings. The number of carbonyl (C=O) groups excluding carboxylic acids is 2. The van der Waals surface area contributed by atoms with Crippen molar-refractivity contribution >= 4 is 17.5 Å². The van der Waals surface area contributed by atoms with Gasteiger partial charge in [0.25, 0.3) is 0 Å². The minimum Gasteiger partial charge on any atom is -0.508 e. The van der Waals surface area contributed by atoms with Gasteiger partial charge in [-0.25, -0.2) is 4.79 Å². The van der Waals surface area contributed by atoms with E-state index in [4.69, 9.17) is 0 Å². The Morgan fingerprint density at radius 2 is 1.92 bits per heavy atom. The van der Waals surface area contributed by atoms with E-state index in [2.05, 4.69) is 5.32 Å². The van der Waals surface area contributed by atoms with Gasteiger partial charge in [0, 0.05) is 17.8 Å². The van der Waals surface area contributed by atoms with Gasteiger partial charge in [-0.2, -0.15) is 0 Å². The zero-order valence-electron chi connectivity index (χ0n) is 13.5. The van der Waals surface area contributed by atoms with Gasteiger partial charge in [-0.05, 0) is 49.6 Å². The van der Waals surface area contributed by atoms with Gasteiger partial charge in [0.2, 0.25) is 0 Å². The van der Waals surface area contributed by atoms with Crippen molar-refractivity contribution in [2.75, 3.05) is 11.9 Å². The normalized spacial score (nSPS) is 16.9. The largest absolute Gasteiger partial charge is 0.508 e. The number of Topliss-reactive ketones (excluding diaryl/α,β-unsaturated/α-hetero) is 1. The Bertz CT molecular complexity index is 755. The summed E-state index contributed by atoms with van der Waals surface area (Å²) in [5.74, 6) is 0.183. The van der Waals surface area contributed by atoms with Crippen molar-refractivity contribution in [3.8, 4) is 5.75 Å². The SMILES string of the molecule is CC(=O)c1cccc(NC(=O)N2CCC[C@H]2c2ccc(O)cc2)c1. The Kier molecular flexibility index (Phi) is 4.51. The Balaban J connectivity index is 1.75. The molecule has 2 aromatic carbocycles. The van der Waals surface area contributed by atoms with Crippen molar-refractivity contribution in [2.24, 2.45) is 0 Å². The number of phenolic OH excluding ortho intramolecular Hbond substituents is 1. The van der Waals surface area contributed by atoms with Crippen molar-refractivity contribution in [3.05, 3.63) is 59.7 Å². The number of anilines is 1. The average Bonchev–Trinajstić information content (AvgIpc) is 3.05. The second-order valence-electron chi connectivity index (χ2n) is 6.01. The molecule has 2 N–H and O–H groups in total. The highest BCUT2D eigenvalue weighted by molar-refractivity contribution is 5.96. The van der Waals surface area contributed by atoms with Gasteiger partial charge in [0.15, 0.2) is 5.78 Å². The zero-order valence-corrected chi connectivity index (χ0v) is 13.5. The number of aromatic hydroxyl groups is 1. The van der Waals surface area contributed by atoms with Gasteiger partial charge < -0.3 is 15.3 Å². The molecule has 1 aliphatic heterocycles. The van der Waals surface area contributed by atoms with E-state index < -0.39 is 0 Å². The van der Waals surface area contributed by atoms with E-state index in [0.29, 0.717) is 17.8 Å². The van der Waals surface area contributed by atoms with Crippen LogP contribution in [0.2, 0.25) is 0 Å². The molecule has 0 saturated carbocycles. The van der Waals surface area contributed by atoms with E-state index in [0.717, 1.165) is 18.4 Å². The lowest BCUT2D eigenvalue weighted by atomic mass is 10.0. The Labute approximate surface area is 140 Å². The van der Waals surface area contributed by atoms with Gasteiger partial charge in [0.05, 0.1) is 6.04 Å². The maximum Gasteiger partial charge on any atom is 0.322 e. The zero-order chi connectivity index (χ0) is 17.1. The van der Waals surface area contributed by atoms with E-state index in [1.165, 1.54) is 6.92 Å². The number of likely N-dealkylation sites (tertiary alicyclic amines) is 1. The molecule has 0 spiro atoms. The summed E-state index contributed by atoms with van der Waals surface area (Å²) < 4.78 is 0. The maximum absolute atomic E-state index is 12.6. The molecule has 124 valence electrons. The second kappa shape index (κ2) is 6.74. The van der Waals surface area contributed by atoms with Crippen LogP contribution >= 0.6 is 0 Å². The molecule has 0 radical (unpaired) electrons.